The maximum absolute atomic E-state index is 12.0. The quantitative estimate of drug-likeness (QED) is 0.801. The number of amides is 1. The van der Waals surface area contributed by atoms with Gasteiger partial charge in [0.2, 0.25) is 0 Å². The number of halogens is 1. The van der Waals surface area contributed by atoms with E-state index in [1.807, 2.05) is 0 Å². The van der Waals surface area contributed by atoms with E-state index in [1.54, 1.807) is 30.5 Å². The number of nitrogens with zero attached hydrogens (tertiary/aromatic N) is 2. The molecule has 108 valence electrons. The lowest BCUT2D eigenvalue weighted by atomic mass is 10.1. The zero-order valence-corrected chi connectivity index (χ0v) is 12.4. The van der Waals surface area contributed by atoms with Gasteiger partial charge in [-0.1, -0.05) is 6.07 Å². The molecule has 0 aliphatic rings. The van der Waals surface area contributed by atoms with E-state index in [0.717, 1.165) is 0 Å². The van der Waals surface area contributed by atoms with Crippen molar-refractivity contribution in [1.29, 1.82) is 0 Å². The second-order valence-corrected chi connectivity index (χ2v) is 5.01. The van der Waals surface area contributed by atoms with Crippen LogP contribution in [0.3, 0.4) is 0 Å². The Kier molecular flexibility index (Phi) is 4.99. The fourth-order valence-corrected chi connectivity index (χ4v) is 2.14. The van der Waals surface area contributed by atoms with Crippen molar-refractivity contribution in [2.45, 2.75) is 12.5 Å². The fraction of sp³-hybridized carbons (Fsp3) is 0.143. The molecule has 2 N–H and O–H groups in total. The maximum Gasteiger partial charge on any atom is 0.326 e. The molecule has 6 nitrogen and oxygen atoms in total. The Morgan fingerprint density at radius 3 is 2.67 bits per heavy atom. The molecule has 2 aromatic heterocycles. The van der Waals surface area contributed by atoms with Crippen molar-refractivity contribution in [2.75, 3.05) is 0 Å². The fourth-order valence-electron chi connectivity index (χ4n) is 1.73. The molecule has 0 fully saturated rings. The molecule has 0 aliphatic heterocycles. The van der Waals surface area contributed by atoms with Gasteiger partial charge < -0.3 is 10.4 Å². The monoisotopic (exact) mass is 349 g/mol. The molecular weight excluding hydrogens is 338 g/mol. The molecule has 0 radical (unpaired) electrons. The number of aliphatic carboxylic acids is 1. The molecule has 0 aliphatic carbocycles. The molecule has 0 saturated carbocycles. The van der Waals surface area contributed by atoms with E-state index in [2.05, 4.69) is 31.2 Å². The van der Waals surface area contributed by atoms with E-state index in [1.165, 1.54) is 12.4 Å². The molecular formula is C14H12BrN3O3. The van der Waals surface area contributed by atoms with Crippen LogP contribution in [0.1, 0.15) is 15.9 Å². The van der Waals surface area contributed by atoms with Gasteiger partial charge in [-0.25, -0.2) is 9.78 Å². The Labute approximate surface area is 129 Å². The largest absolute Gasteiger partial charge is 0.480 e. The molecule has 2 aromatic rings. The number of aromatic nitrogens is 2. The summed E-state index contributed by atoms with van der Waals surface area (Å²) in [6, 6.07) is 5.60. The molecule has 1 atom stereocenters. The van der Waals surface area contributed by atoms with E-state index in [9.17, 15) is 14.7 Å². The molecule has 0 bridgehead atoms. The molecule has 0 spiro atoms. The van der Waals surface area contributed by atoms with Gasteiger partial charge >= 0.3 is 5.97 Å². The number of pyridine rings is 2. The van der Waals surface area contributed by atoms with Crippen LogP contribution in [0.25, 0.3) is 0 Å². The third-order valence-corrected chi connectivity index (χ3v) is 3.50. The lowest BCUT2D eigenvalue weighted by Crippen LogP contribution is -2.42. The summed E-state index contributed by atoms with van der Waals surface area (Å²) in [7, 11) is 0. The van der Waals surface area contributed by atoms with Crippen LogP contribution in [0.5, 0.6) is 0 Å². The summed E-state index contributed by atoms with van der Waals surface area (Å²) < 4.78 is 0.562. The molecule has 2 heterocycles. The standard InChI is InChI=1S/C14H12BrN3O3/c15-12-9(3-2-6-17-12)7-11(14(20)21)18-13(19)10-4-1-5-16-8-10/h1-6,8,11H,7H2,(H,18,19)(H,20,21)/t11-/m0/s1. The molecule has 0 saturated heterocycles. The summed E-state index contributed by atoms with van der Waals surface area (Å²) in [5, 5.41) is 11.7. The SMILES string of the molecule is O=C(N[C@@H](Cc1cccnc1Br)C(=O)O)c1cccnc1. The lowest BCUT2D eigenvalue weighted by molar-refractivity contribution is -0.139. The summed E-state index contributed by atoms with van der Waals surface area (Å²) >= 11 is 3.26. The van der Waals surface area contributed by atoms with Crippen molar-refractivity contribution < 1.29 is 14.7 Å². The smallest absolute Gasteiger partial charge is 0.326 e. The summed E-state index contributed by atoms with van der Waals surface area (Å²) in [6.45, 7) is 0. The Morgan fingerprint density at radius 1 is 1.29 bits per heavy atom. The van der Waals surface area contributed by atoms with Crippen molar-refractivity contribution in [3.8, 4) is 0 Å². The zero-order valence-electron chi connectivity index (χ0n) is 10.9. The Morgan fingerprint density at radius 2 is 2.05 bits per heavy atom. The number of carbonyl (C=O) groups excluding carboxylic acids is 1. The minimum absolute atomic E-state index is 0.135. The number of rotatable bonds is 5. The highest BCUT2D eigenvalue weighted by molar-refractivity contribution is 9.10. The van der Waals surface area contributed by atoms with Crippen LogP contribution in [0, 0.1) is 0 Å². The number of hydrogen-bond acceptors (Lipinski definition) is 4. The predicted octanol–water partition coefficient (Wildman–Crippen LogP) is 1.66. The highest BCUT2D eigenvalue weighted by Crippen LogP contribution is 2.15. The Bertz CT molecular complexity index is 649. The second-order valence-electron chi connectivity index (χ2n) is 4.26. The van der Waals surface area contributed by atoms with Crippen LogP contribution < -0.4 is 5.32 Å². The first kappa shape index (κ1) is 15.1. The second kappa shape index (κ2) is 6.94. The van der Waals surface area contributed by atoms with Crippen LogP contribution >= 0.6 is 15.9 Å². The molecule has 0 aromatic carbocycles. The van der Waals surface area contributed by atoms with Crippen molar-refractivity contribution >= 4 is 27.8 Å². The number of nitrogens with one attached hydrogen (secondary N) is 1. The van der Waals surface area contributed by atoms with Crippen LogP contribution in [0.15, 0.2) is 47.5 Å². The highest BCUT2D eigenvalue weighted by atomic mass is 79.9. The molecule has 2 rings (SSSR count). The van der Waals surface area contributed by atoms with E-state index in [4.69, 9.17) is 0 Å². The van der Waals surface area contributed by atoms with Gasteiger partial charge in [-0.05, 0) is 39.7 Å². The van der Waals surface area contributed by atoms with Crippen LogP contribution in [-0.4, -0.2) is 33.0 Å². The van der Waals surface area contributed by atoms with Gasteiger partial charge in [0.15, 0.2) is 0 Å². The van der Waals surface area contributed by atoms with Gasteiger partial charge in [-0.15, -0.1) is 0 Å². The van der Waals surface area contributed by atoms with Gasteiger partial charge in [-0.2, -0.15) is 0 Å². The summed E-state index contributed by atoms with van der Waals surface area (Å²) in [6.07, 6.45) is 4.65. The van der Waals surface area contributed by atoms with Crippen LogP contribution in [-0.2, 0) is 11.2 Å². The van der Waals surface area contributed by atoms with Gasteiger partial charge in [-0.3, -0.25) is 9.78 Å². The first-order chi connectivity index (χ1) is 10.1. The highest BCUT2D eigenvalue weighted by Gasteiger charge is 2.22. The molecule has 1 amide bonds. The first-order valence-corrected chi connectivity index (χ1v) is 6.90. The average Bonchev–Trinajstić information content (AvgIpc) is 2.49. The van der Waals surface area contributed by atoms with E-state index in [0.29, 0.717) is 15.7 Å². The minimum Gasteiger partial charge on any atom is -0.480 e. The van der Waals surface area contributed by atoms with E-state index < -0.39 is 17.9 Å². The average molecular weight is 350 g/mol. The van der Waals surface area contributed by atoms with Crippen molar-refractivity contribution in [3.63, 3.8) is 0 Å². The van der Waals surface area contributed by atoms with Crippen molar-refractivity contribution in [2.24, 2.45) is 0 Å². The molecule has 21 heavy (non-hydrogen) atoms. The number of hydrogen-bond donors (Lipinski definition) is 2. The number of carboxylic acid groups (broad SMARTS) is 1. The van der Waals surface area contributed by atoms with Crippen molar-refractivity contribution in [3.05, 3.63) is 58.6 Å². The Balaban J connectivity index is 2.12. The van der Waals surface area contributed by atoms with Crippen molar-refractivity contribution in [1.82, 2.24) is 15.3 Å². The third kappa shape index (κ3) is 4.09. The van der Waals surface area contributed by atoms with Crippen LogP contribution in [0.2, 0.25) is 0 Å². The first-order valence-electron chi connectivity index (χ1n) is 6.11. The number of carboxylic acids is 1. The zero-order chi connectivity index (χ0) is 15.2. The summed E-state index contributed by atoms with van der Waals surface area (Å²) in [4.78, 5) is 31.2. The van der Waals surface area contributed by atoms with Crippen LogP contribution in [0.4, 0.5) is 0 Å². The normalized spacial score (nSPS) is 11.7. The van der Waals surface area contributed by atoms with Gasteiger partial charge in [0.25, 0.3) is 5.91 Å². The predicted molar refractivity (Wildman–Crippen MR) is 78.8 cm³/mol. The van der Waals surface area contributed by atoms with E-state index in [-0.39, 0.29) is 6.42 Å². The summed E-state index contributed by atoms with van der Waals surface area (Å²) in [5.74, 6) is -1.58. The van der Waals surface area contributed by atoms with Gasteiger partial charge in [0.05, 0.1) is 5.56 Å². The van der Waals surface area contributed by atoms with Gasteiger partial charge in [0.1, 0.15) is 10.6 Å². The molecule has 0 unspecified atom stereocenters. The lowest BCUT2D eigenvalue weighted by Gasteiger charge is -2.15. The Hall–Kier alpha value is -2.28. The maximum atomic E-state index is 12.0. The minimum atomic E-state index is -1.11. The topological polar surface area (TPSA) is 92.2 Å². The molecule has 7 heteroatoms. The number of carbonyl (C=O) groups is 2. The van der Waals surface area contributed by atoms with E-state index >= 15 is 0 Å². The third-order valence-electron chi connectivity index (χ3n) is 2.79. The summed E-state index contributed by atoms with van der Waals surface area (Å²) in [5.41, 5.74) is 1.02. The van der Waals surface area contributed by atoms with Gasteiger partial charge in [0, 0.05) is 25.0 Å².